The fourth-order valence-corrected chi connectivity index (χ4v) is 4.43. The van der Waals surface area contributed by atoms with Gasteiger partial charge in [0.05, 0.1) is 0 Å². The second-order valence-corrected chi connectivity index (χ2v) is 10.2. The molecule has 1 fully saturated rings. The molecular formula is C23H33ClN4O2. The second kappa shape index (κ2) is 8.22. The molecule has 164 valence electrons. The van der Waals surface area contributed by atoms with Gasteiger partial charge in [0.25, 0.3) is 0 Å². The molecule has 0 spiro atoms. The molecule has 0 aliphatic carbocycles. The average molecular weight is 433 g/mol. The van der Waals surface area contributed by atoms with E-state index in [0.29, 0.717) is 19.0 Å². The van der Waals surface area contributed by atoms with Crippen LogP contribution in [0.25, 0.3) is 0 Å². The summed E-state index contributed by atoms with van der Waals surface area (Å²) in [5.74, 6) is 1.24. The largest absolute Gasteiger partial charge is 0.444 e. The van der Waals surface area contributed by atoms with Crippen molar-refractivity contribution in [2.24, 2.45) is 7.05 Å². The maximum Gasteiger partial charge on any atom is 0.410 e. The molecule has 1 amide bonds. The van der Waals surface area contributed by atoms with Gasteiger partial charge < -0.3 is 9.64 Å². The Balaban J connectivity index is 1.88. The van der Waals surface area contributed by atoms with Crippen molar-refractivity contribution in [1.82, 2.24) is 19.7 Å². The minimum absolute atomic E-state index is 0.234. The number of benzene rings is 1. The molecule has 1 aromatic heterocycles. The van der Waals surface area contributed by atoms with Gasteiger partial charge in [-0.15, -0.1) is 0 Å². The van der Waals surface area contributed by atoms with E-state index in [-0.39, 0.29) is 11.5 Å². The summed E-state index contributed by atoms with van der Waals surface area (Å²) in [4.78, 5) is 18.8. The van der Waals surface area contributed by atoms with Gasteiger partial charge in [-0.2, -0.15) is 5.10 Å². The highest BCUT2D eigenvalue weighted by Gasteiger charge is 2.35. The molecule has 0 bridgehead atoms. The Labute approximate surface area is 184 Å². The molecule has 1 saturated heterocycles. The van der Waals surface area contributed by atoms with Gasteiger partial charge in [-0.05, 0) is 83.1 Å². The van der Waals surface area contributed by atoms with E-state index in [1.54, 1.807) is 6.33 Å². The highest BCUT2D eigenvalue weighted by molar-refractivity contribution is 6.31. The predicted octanol–water partition coefficient (Wildman–Crippen LogP) is 5.22. The number of carbonyl (C=O) groups excluding carboxylic acids is 1. The molecule has 3 rings (SSSR count). The molecule has 1 aliphatic rings. The van der Waals surface area contributed by atoms with E-state index in [4.69, 9.17) is 16.3 Å². The van der Waals surface area contributed by atoms with Gasteiger partial charge in [-0.25, -0.2) is 9.78 Å². The summed E-state index contributed by atoms with van der Waals surface area (Å²) in [6.07, 6.45) is 3.11. The standard InChI is InChI=1S/C23H33ClN4O2/c1-15-12-18(23(5,6)20-25-14-26-27(20)7)17(13-19(15)24)16-8-10-28(11-9-16)21(29)30-22(2,3)4/h12-14,16H,8-11H2,1-7H3. The fourth-order valence-electron chi connectivity index (χ4n) is 4.26. The van der Waals surface area contributed by atoms with Crippen LogP contribution in [0.4, 0.5) is 4.79 Å². The van der Waals surface area contributed by atoms with Crippen molar-refractivity contribution in [3.8, 4) is 0 Å². The first-order chi connectivity index (χ1) is 13.9. The Morgan fingerprint density at radius 3 is 2.33 bits per heavy atom. The van der Waals surface area contributed by atoms with Gasteiger partial charge in [-0.1, -0.05) is 17.7 Å². The first kappa shape index (κ1) is 22.6. The number of hydrogen-bond acceptors (Lipinski definition) is 4. The third kappa shape index (κ3) is 4.64. The average Bonchev–Trinajstić information content (AvgIpc) is 3.09. The van der Waals surface area contributed by atoms with Crippen molar-refractivity contribution < 1.29 is 9.53 Å². The summed E-state index contributed by atoms with van der Waals surface area (Å²) in [6.45, 7) is 13.4. The van der Waals surface area contributed by atoms with Gasteiger partial charge in [0.15, 0.2) is 0 Å². The van der Waals surface area contributed by atoms with Gasteiger partial charge in [0, 0.05) is 30.6 Å². The zero-order valence-corrected chi connectivity index (χ0v) is 19.9. The smallest absolute Gasteiger partial charge is 0.410 e. The van der Waals surface area contributed by atoms with Gasteiger partial charge >= 0.3 is 6.09 Å². The molecule has 0 radical (unpaired) electrons. The number of likely N-dealkylation sites (tertiary alicyclic amines) is 1. The third-order valence-corrected chi connectivity index (χ3v) is 6.27. The number of hydrogen-bond donors (Lipinski definition) is 0. The van der Waals surface area contributed by atoms with Crippen LogP contribution in [0.15, 0.2) is 18.5 Å². The Kier molecular flexibility index (Phi) is 6.19. The quantitative estimate of drug-likeness (QED) is 0.667. The van der Waals surface area contributed by atoms with Crippen LogP contribution in [-0.2, 0) is 17.2 Å². The van der Waals surface area contributed by atoms with Crippen molar-refractivity contribution in [1.29, 1.82) is 0 Å². The molecule has 7 heteroatoms. The van der Waals surface area contributed by atoms with Crippen LogP contribution in [0.1, 0.15) is 75.9 Å². The van der Waals surface area contributed by atoms with Crippen molar-refractivity contribution in [3.63, 3.8) is 0 Å². The lowest BCUT2D eigenvalue weighted by Crippen LogP contribution is -2.41. The Hall–Kier alpha value is -2.08. The highest BCUT2D eigenvalue weighted by atomic mass is 35.5. The summed E-state index contributed by atoms with van der Waals surface area (Å²) >= 11 is 6.55. The summed E-state index contributed by atoms with van der Waals surface area (Å²) in [5.41, 5.74) is 2.71. The minimum Gasteiger partial charge on any atom is -0.444 e. The Morgan fingerprint density at radius 1 is 1.17 bits per heavy atom. The van der Waals surface area contributed by atoms with Gasteiger partial charge in [0.1, 0.15) is 17.8 Å². The number of halogens is 1. The number of nitrogens with zero attached hydrogens (tertiary/aromatic N) is 4. The normalized spacial score (nSPS) is 16.1. The van der Waals surface area contributed by atoms with Crippen LogP contribution < -0.4 is 0 Å². The summed E-state index contributed by atoms with van der Waals surface area (Å²) in [7, 11) is 1.92. The lowest BCUT2D eigenvalue weighted by Gasteiger charge is -2.36. The second-order valence-electron chi connectivity index (χ2n) is 9.76. The number of rotatable bonds is 3. The summed E-state index contributed by atoms with van der Waals surface area (Å²) < 4.78 is 7.37. The molecule has 30 heavy (non-hydrogen) atoms. The molecule has 6 nitrogen and oxygen atoms in total. The van der Waals surface area contributed by atoms with Gasteiger partial charge in [0.2, 0.25) is 0 Å². The topological polar surface area (TPSA) is 60.2 Å². The van der Waals surface area contributed by atoms with Crippen molar-refractivity contribution in [3.05, 3.63) is 46.0 Å². The lowest BCUT2D eigenvalue weighted by atomic mass is 9.75. The predicted molar refractivity (Wildman–Crippen MR) is 119 cm³/mol. The van der Waals surface area contributed by atoms with E-state index in [0.717, 1.165) is 29.3 Å². The molecule has 1 aliphatic heterocycles. The zero-order chi connectivity index (χ0) is 22.3. The zero-order valence-electron chi connectivity index (χ0n) is 19.1. The third-order valence-electron chi connectivity index (χ3n) is 5.86. The fraction of sp³-hybridized carbons (Fsp3) is 0.609. The van der Waals surface area contributed by atoms with Crippen LogP contribution >= 0.6 is 11.6 Å². The minimum atomic E-state index is -0.480. The molecule has 1 aromatic carbocycles. The van der Waals surface area contributed by atoms with E-state index in [1.165, 1.54) is 11.1 Å². The van der Waals surface area contributed by atoms with E-state index < -0.39 is 5.60 Å². The maximum absolute atomic E-state index is 12.4. The number of carbonyl (C=O) groups is 1. The van der Waals surface area contributed by atoms with Crippen molar-refractivity contribution in [2.45, 2.75) is 71.3 Å². The first-order valence-corrected chi connectivity index (χ1v) is 10.9. The molecule has 0 N–H and O–H groups in total. The monoisotopic (exact) mass is 432 g/mol. The van der Waals surface area contributed by atoms with E-state index in [1.807, 2.05) is 44.3 Å². The SMILES string of the molecule is Cc1cc(C(C)(C)c2ncnn2C)c(C2CCN(C(=O)OC(C)(C)C)CC2)cc1Cl. The Morgan fingerprint density at radius 2 is 1.80 bits per heavy atom. The molecule has 2 aromatic rings. The van der Waals surface area contributed by atoms with Crippen molar-refractivity contribution >= 4 is 17.7 Å². The molecule has 0 saturated carbocycles. The number of amides is 1. The summed E-state index contributed by atoms with van der Waals surface area (Å²) in [6, 6.07) is 4.30. The number of ether oxygens (including phenoxy) is 1. The molecule has 0 unspecified atom stereocenters. The van der Waals surface area contributed by atoms with Crippen LogP contribution in [-0.4, -0.2) is 44.4 Å². The van der Waals surface area contributed by atoms with Crippen LogP contribution in [0.2, 0.25) is 5.02 Å². The Bertz CT molecular complexity index is 922. The van der Waals surface area contributed by atoms with E-state index >= 15 is 0 Å². The first-order valence-electron chi connectivity index (χ1n) is 10.5. The van der Waals surface area contributed by atoms with Crippen molar-refractivity contribution in [2.75, 3.05) is 13.1 Å². The van der Waals surface area contributed by atoms with Crippen LogP contribution in [0, 0.1) is 6.92 Å². The number of aryl methyl sites for hydroxylation is 2. The summed E-state index contributed by atoms with van der Waals surface area (Å²) in [5, 5.41) is 5.05. The lowest BCUT2D eigenvalue weighted by molar-refractivity contribution is 0.0204. The number of aromatic nitrogens is 3. The van der Waals surface area contributed by atoms with Crippen LogP contribution in [0.3, 0.4) is 0 Å². The molecule has 2 heterocycles. The maximum atomic E-state index is 12.4. The molecular weight excluding hydrogens is 400 g/mol. The molecule has 0 atom stereocenters. The highest BCUT2D eigenvalue weighted by Crippen LogP contribution is 2.41. The number of piperidine rings is 1. The van der Waals surface area contributed by atoms with Crippen LogP contribution in [0.5, 0.6) is 0 Å². The van der Waals surface area contributed by atoms with E-state index in [2.05, 4.69) is 36.1 Å². The van der Waals surface area contributed by atoms with Gasteiger partial charge in [-0.3, -0.25) is 4.68 Å². The van der Waals surface area contributed by atoms with E-state index in [9.17, 15) is 4.79 Å².